The fraction of sp³-hybridized carbons (Fsp3) is 0.250. The maximum atomic E-state index is 6.19. The Morgan fingerprint density at radius 3 is 2.72 bits per heavy atom. The molecule has 1 N–H and O–H groups in total. The lowest BCUT2D eigenvalue weighted by Gasteiger charge is -2.09. The maximum Gasteiger partial charge on any atom is 0.133 e. The largest absolute Gasteiger partial charge is 0.497 e. The summed E-state index contributed by atoms with van der Waals surface area (Å²) >= 11 is 6.19. The molecule has 0 fully saturated rings. The lowest BCUT2D eigenvalue weighted by molar-refractivity contribution is 0.415. The Morgan fingerprint density at radius 2 is 1.96 bits per heavy atom. The van der Waals surface area contributed by atoms with Gasteiger partial charge in [-0.3, -0.25) is 0 Å². The van der Waals surface area contributed by atoms with Gasteiger partial charge in [0.05, 0.1) is 18.5 Å². The van der Waals surface area contributed by atoms with Gasteiger partial charge < -0.3 is 10.1 Å². The first-order chi connectivity index (χ1) is 12.3. The Bertz CT molecular complexity index is 886. The number of benzene rings is 2. The summed E-state index contributed by atoms with van der Waals surface area (Å²) in [6.45, 7) is 0.960. The highest BCUT2D eigenvalue weighted by Gasteiger charge is 2.21. The molecule has 25 heavy (non-hydrogen) atoms. The number of ether oxygens (including phenoxy) is 1. The van der Waals surface area contributed by atoms with E-state index in [0.29, 0.717) is 5.02 Å². The minimum Gasteiger partial charge on any atom is -0.497 e. The molecule has 3 aromatic rings. The summed E-state index contributed by atoms with van der Waals surface area (Å²) < 4.78 is 7.25. The van der Waals surface area contributed by atoms with E-state index < -0.39 is 0 Å². The van der Waals surface area contributed by atoms with E-state index >= 15 is 0 Å². The molecule has 0 bridgehead atoms. The van der Waals surface area contributed by atoms with Crippen LogP contribution in [0.2, 0.25) is 5.02 Å². The summed E-state index contributed by atoms with van der Waals surface area (Å²) in [5.41, 5.74) is 4.36. The van der Waals surface area contributed by atoms with Crippen LogP contribution in [-0.4, -0.2) is 23.4 Å². The molecule has 0 aliphatic carbocycles. The minimum atomic E-state index is 0.710. The fourth-order valence-electron chi connectivity index (χ4n) is 3.28. The summed E-state index contributed by atoms with van der Waals surface area (Å²) in [6.07, 6.45) is 3.33. The molecule has 5 heteroatoms. The zero-order chi connectivity index (χ0) is 17.2. The van der Waals surface area contributed by atoms with Gasteiger partial charge in [-0.1, -0.05) is 17.7 Å². The van der Waals surface area contributed by atoms with Gasteiger partial charge in [-0.25, -0.2) is 4.68 Å². The van der Waals surface area contributed by atoms with Crippen molar-refractivity contribution in [3.63, 3.8) is 0 Å². The van der Waals surface area contributed by atoms with Crippen LogP contribution < -0.4 is 10.1 Å². The molecule has 1 aliphatic heterocycles. The number of fused-ring (bicyclic) bond motifs is 1. The van der Waals surface area contributed by atoms with Crippen LogP contribution in [0.1, 0.15) is 18.4 Å². The van der Waals surface area contributed by atoms with Gasteiger partial charge in [0.1, 0.15) is 11.6 Å². The number of halogens is 1. The molecule has 2 heterocycles. The molecule has 1 aromatic heterocycles. The summed E-state index contributed by atoms with van der Waals surface area (Å²) in [4.78, 5) is 0. The third-order valence-electron chi connectivity index (χ3n) is 4.55. The van der Waals surface area contributed by atoms with Crippen molar-refractivity contribution in [2.24, 2.45) is 0 Å². The van der Waals surface area contributed by atoms with Crippen LogP contribution in [0.4, 0.5) is 5.82 Å². The maximum absolute atomic E-state index is 6.19. The Labute approximate surface area is 152 Å². The van der Waals surface area contributed by atoms with Gasteiger partial charge in [0.25, 0.3) is 0 Å². The van der Waals surface area contributed by atoms with Crippen LogP contribution in [0.3, 0.4) is 0 Å². The number of aromatic nitrogens is 2. The van der Waals surface area contributed by atoms with Crippen molar-refractivity contribution in [1.82, 2.24) is 9.78 Å². The highest BCUT2D eigenvalue weighted by Crippen LogP contribution is 2.34. The molecule has 128 valence electrons. The van der Waals surface area contributed by atoms with Crippen LogP contribution in [-0.2, 0) is 6.42 Å². The van der Waals surface area contributed by atoms with Gasteiger partial charge >= 0.3 is 0 Å². The summed E-state index contributed by atoms with van der Waals surface area (Å²) in [5, 5.41) is 9.19. The molecule has 0 unspecified atom stereocenters. The first kappa shape index (κ1) is 16.0. The van der Waals surface area contributed by atoms with E-state index in [2.05, 4.69) is 17.4 Å². The van der Waals surface area contributed by atoms with Gasteiger partial charge in [0.15, 0.2) is 0 Å². The summed E-state index contributed by atoms with van der Waals surface area (Å²) in [6, 6.07) is 15.9. The number of anilines is 1. The second-order valence-corrected chi connectivity index (χ2v) is 6.62. The Kier molecular flexibility index (Phi) is 4.36. The molecule has 4 rings (SSSR count). The average Bonchev–Trinajstić information content (AvgIpc) is 2.83. The Morgan fingerprint density at radius 1 is 1.12 bits per heavy atom. The highest BCUT2D eigenvalue weighted by molar-refractivity contribution is 6.30. The topological polar surface area (TPSA) is 39.1 Å². The molecule has 0 spiro atoms. The lowest BCUT2D eigenvalue weighted by atomic mass is 10.0. The van der Waals surface area contributed by atoms with Crippen LogP contribution >= 0.6 is 11.6 Å². The number of hydrogen-bond donors (Lipinski definition) is 1. The Balaban J connectivity index is 1.86. The second kappa shape index (κ2) is 6.81. The fourth-order valence-corrected chi connectivity index (χ4v) is 3.46. The number of nitrogens with zero attached hydrogens (tertiary/aromatic N) is 2. The van der Waals surface area contributed by atoms with E-state index in [1.54, 1.807) is 7.11 Å². The molecular formula is C20H20ClN3O. The number of methoxy groups -OCH3 is 1. The van der Waals surface area contributed by atoms with Crippen LogP contribution in [0.25, 0.3) is 16.9 Å². The third kappa shape index (κ3) is 3.10. The van der Waals surface area contributed by atoms with Crippen molar-refractivity contribution >= 4 is 17.4 Å². The molecule has 0 saturated carbocycles. The molecule has 0 amide bonds. The average molecular weight is 354 g/mol. The summed E-state index contributed by atoms with van der Waals surface area (Å²) in [7, 11) is 1.68. The summed E-state index contributed by atoms with van der Waals surface area (Å²) in [5.74, 6) is 1.92. The first-order valence-corrected chi connectivity index (χ1v) is 8.90. The Hall–Kier alpha value is -2.46. The SMILES string of the molecule is COc1ccc(-c2nn(-c3cccc(Cl)c3)c3c2CCCCN3)cc1. The molecule has 1 aliphatic rings. The molecular weight excluding hydrogens is 334 g/mol. The monoisotopic (exact) mass is 353 g/mol. The van der Waals surface area contributed by atoms with Crippen LogP contribution in [0, 0.1) is 0 Å². The predicted molar refractivity (Wildman–Crippen MR) is 102 cm³/mol. The molecule has 4 nitrogen and oxygen atoms in total. The predicted octanol–water partition coefficient (Wildman–Crippen LogP) is 4.95. The van der Waals surface area contributed by atoms with E-state index in [1.165, 1.54) is 5.56 Å². The molecule has 0 saturated heterocycles. The minimum absolute atomic E-state index is 0.710. The normalized spacial score (nSPS) is 13.7. The number of hydrogen-bond acceptors (Lipinski definition) is 3. The first-order valence-electron chi connectivity index (χ1n) is 8.52. The third-order valence-corrected chi connectivity index (χ3v) is 4.78. The lowest BCUT2D eigenvalue weighted by Crippen LogP contribution is -2.07. The quantitative estimate of drug-likeness (QED) is 0.724. The molecule has 2 aromatic carbocycles. The van der Waals surface area contributed by atoms with Gasteiger partial charge in [-0.15, -0.1) is 0 Å². The molecule has 0 atom stereocenters. The van der Waals surface area contributed by atoms with Crippen molar-refractivity contribution in [1.29, 1.82) is 0 Å². The number of nitrogens with one attached hydrogen (secondary N) is 1. The van der Waals surface area contributed by atoms with Gasteiger partial charge in [0, 0.05) is 22.7 Å². The number of rotatable bonds is 3. The highest BCUT2D eigenvalue weighted by atomic mass is 35.5. The van der Waals surface area contributed by atoms with Crippen LogP contribution in [0.5, 0.6) is 5.75 Å². The van der Waals surface area contributed by atoms with E-state index in [9.17, 15) is 0 Å². The van der Waals surface area contributed by atoms with Crippen molar-refractivity contribution in [3.8, 4) is 22.7 Å². The van der Waals surface area contributed by atoms with Crippen molar-refractivity contribution in [3.05, 3.63) is 59.1 Å². The standard InChI is InChI=1S/C20H20ClN3O/c1-25-17-10-8-14(9-11-17)19-18-7-2-3-12-22-20(18)24(23-19)16-6-4-5-15(21)13-16/h4-6,8-11,13,22H,2-3,7,12H2,1H3. The van der Waals surface area contributed by atoms with Gasteiger partial charge in [0.2, 0.25) is 0 Å². The van der Waals surface area contributed by atoms with E-state index in [-0.39, 0.29) is 0 Å². The van der Waals surface area contributed by atoms with E-state index in [1.807, 2.05) is 41.1 Å². The van der Waals surface area contributed by atoms with E-state index in [0.717, 1.165) is 54.3 Å². The smallest absolute Gasteiger partial charge is 0.133 e. The van der Waals surface area contributed by atoms with Crippen molar-refractivity contribution in [2.75, 3.05) is 19.0 Å². The van der Waals surface area contributed by atoms with Crippen LogP contribution in [0.15, 0.2) is 48.5 Å². The van der Waals surface area contributed by atoms with E-state index in [4.69, 9.17) is 21.4 Å². The van der Waals surface area contributed by atoms with Crippen molar-refractivity contribution < 1.29 is 4.74 Å². The zero-order valence-corrected chi connectivity index (χ0v) is 14.9. The van der Waals surface area contributed by atoms with Gasteiger partial charge in [-0.2, -0.15) is 5.10 Å². The van der Waals surface area contributed by atoms with Gasteiger partial charge in [-0.05, 0) is 61.7 Å². The molecule has 0 radical (unpaired) electrons. The second-order valence-electron chi connectivity index (χ2n) is 6.18. The zero-order valence-electron chi connectivity index (χ0n) is 14.1. The van der Waals surface area contributed by atoms with Crippen molar-refractivity contribution in [2.45, 2.75) is 19.3 Å².